The minimum absolute atomic E-state index is 0.469. The van der Waals surface area contributed by atoms with Crippen LogP contribution in [0.4, 0.5) is 0 Å². The van der Waals surface area contributed by atoms with Crippen molar-refractivity contribution in [2.75, 3.05) is 6.54 Å². The zero-order chi connectivity index (χ0) is 16.8. The number of hydrogen-bond donors (Lipinski definition) is 1. The molecule has 0 bridgehead atoms. The van der Waals surface area contributed by atoms with Gasteiger partial charge in [0, 0.05) is 6.54 Å². The molecule has 0 amide bonds. The van der Waals surface area contributed by atoms with Gasteiger partial charge in [-0.15, -0.1) is 0 Å². The lowest BCUT2D eigenvalue weighted by Crippen LogP contribution is -2.26. The van der Waals surface area contributed by atoms with Crippen LogP contribution in [-0.2, 0) is 10.0 Å². The molecule has 0 atom stereocenters. The Morgan fingerprint density at radius 3 is 1.91 bits per heavy atom. The summed E-state index contributed by atoms with van der Waals surface area (Å²) in [6, 6.07) is 2.05. The van der Waals surface area contributed by atoms with Crippen molar-refractivity contribution in [1.29, 1.82) is 0 Å². The predicted molar refractivity (Wildman–Crippen MR) is 94.0 cm³/mol. The molecule has 0 aliphatic rings. The van der Waals surface area contributed by atoms with E-state index in [-0.39, 0.29) is 0 Å². The quantitative estimate of drug-likeness (QED) is 0.677. The van der Waals surface area contributed by atoms with Crippen LogP contribution in [0, 0.1) is 27.7 Å². The summed E-state index contributed by atoms with van der Waals surface area (Å²) in [6.07, 6.45) is 6.94. The van der Waals surface area contributed by atoms with E-state index in [9.17, 15) is 8.42 Å². The van der Waals surface area contributed by atoms with E-state index in [1.165, 1.54) is 25.7 Å². The maximum Gasteiger partial charge on any atom is 0.241 e. The molecule has 0 aliphatic heterocycles. The highest BCUT2D eigenvalue weighted by molar-refractivity contribution is 7.89. The highest BCUT2D eigenvalue weighted by Crippen LogP contribution is 2.25. The summed E-state index contributed by atoms with van der Waals surface area (Å²) in [7, 11) is -3.41. The van der Waals surface area contributed by atoms with Gasteiger partial charge in [0.05, 0.1) is 4.90 Å². The lowest BCUT2D eigenvalue weighted by Gasteiger charge is -2.16. The number of aryl methyl sites for hydroxylation is 2. The summed E-state index contributed by atoms with van der Waals surface area (Å²) in [5.41, 5.74) is 3.78. The van der Waals surface area contributed by atoms with Gasteiger partial charge >= 0.3 is 0 Å². The molecule has 1 aromatic rings. The Kier molecular flexibility index (Phi) is 7.57. The fourth-order valence-corrected chi connectivity index (χ4v) is 4.45. The molecule has 1 rings (SSSR count). The molecular formula is C18H31NO2S. The van der Waals surface area contributed by atoms with Gasteiger partial charge in [0.1, 0.15) is 0 Å². The van der Waals surface area contributed by atoms with Crippen LogP contribution in [0.25, 0.3) is 0 Å². The first kappa shape index (κ1) is 19.2. The first-order chi connectivity index (χ1) is 10.3. The van der Waals surface area contributed by atoms with Crippen LogP contribution in [0.1, 0.15) is 67.7 Å². The highest BCUT2D eigenvalue weighted by atomic mass is 32.2. The van der Waals surface area contributed by atoms with Crippen LogP contribution >= 0.6 is 0 Å². The van der Waals surface area contributed by atoms with Gasteiger partial charge in [-0.1, -0.05) is 45.1 Å². The van der Waals surface area contributed by atoms with Crippen molar-refractivity contribution >= 4 is 10.0 Å². The first-order valence-corrected chi connectivity index (χ1v) is 9.86. The summed E-state index contributed by atoms with van der Waals surface area (Å²) in [5, 5.41) is 0. The Hall–Kier alpha value is -0.870. The van der Waals surface area contributed by atoms with Gasteiger partial charge in [0.25, 0.3) is 0 Å². The van der Waals surface area contributed by atoms with Gasteiger partial charge in [-0.3, -0.25) is 0 Å². The van der Waals surface area contributed by atoms with Crippen molar-refractivity contribution in [2.45, 2.75) is 78.0 Å². The second-order valence-electron chi connectivity index (χ2n) is 6.26. The van der Waals surface area contributed by atoms with Crippen LogP contribution in [0.2, 0.25) is 0 Å². The Balaban J connectivity index is 2.68. The van der Waals surface area contributed by atoms with E-state index in [1.807, 2.05) is 27.7 Å². The smallest absolute Gasteiger partial charge is 0.211 e. The Bertz CT molecular complexity index is 565. The molecule has 0 radical (unpaired) electrons. The Morgan fingerprint density at radius 1 is 0.864 bits per heavy atom. The number of sulfonamides is 1. The van der Waals surface area contributed by atoms with Crippen molar-refractivity contribution in [1.82, 2.24) is 4.72 Å². The number of nitrogens with one attached hydrogen (secondary N) is 1. The van der Waals surface area contributed by atoms with Crippen LogP contribution in [0.5, 0.6) is 0 Å². The molecule has 0 heterocycles. The Morgan fingerprint density at radius 2 is 1.36 bits per heavy atom. The van der Waals surface area contributed by atoms with Gasteiger partial charge in [0.15, 0.2) is 0 Å². The molecule has 0 spiro atoms. The molecule has 0 aromatic heterocycles. The number of benzene rings is 1. The standard InChI is InChI=1S/C18H31NO2S/c1-6-7-8-9-10-11-12-19-22(20,21)18-16(4)14(2)13-15(3)17(18)5/h13,19H,6-12H2,1-5H3. The fraction of sp³-hybridized carbons (Fsp3) is 0.667. The highest BCUT2D eigenvalue weighted by Gasteiger charge is 2.21. The van der Waals surface area contributed by atoms with E-state index in [0.29, 0.717) is 11.4 Å². The van der Waals surface area contributed by atoms with Gasteiger partial charge in [0.2, 0.25) is 10.0 Å². The van der Waals surface area contributed by atoms with Gasteiger partial charge < -0.3 is 0 Å². The monoisotopic (exact) mass is 325 g/mol. The predicted octanol–water partition coefficient (Wildman–Crippen LogP) is 4.56. The van der Waals surface area contributed by atoms with Crippen LogP contribution in [0.15, 0.2) is 11.0 Å². The normalized spacial score (nSPS) is 11.9. The summed E-state index contributed by atoms with van der Waals surface area (Å²) in [5.74, 6) is 0. The van der Waals surface area contributed by atoms with Crippen molar-refractivity contribution < 1.29 is 8.42 Å². The summed E-state index contributed by atoms with van der Waals surface area (Å²) < 4.78 is 28.0. The van der Waals surface area contributed by atoms with E-state index in [4.69, 9.17) is 0 Å². The van der Waals surface area contributed by atoms with E-state index >= 15 is 0 Å². The van der Waals surface area contributed by atoms with Gasteiger partial charge in [-0.05, 0) is 56.4 Å². The van der Waals surface area contributed by atoms with Crippen LogP contribution < -0.4 is 4.72 Å². The second kappa shape index (κ2) is 8.68. The lowest BCUT2D eigenvalue weighted by atomic mass is 10.0. The summed E-state index contributed by atoms with van der Waals surface area (Å²) in [4.78, 5) is 0.469. The van der Waals surface area contributed by atoms with Crippen molar-refractivity contribution in [3.63, 3.8) is 0 Å². The average Bonchev–Trinajstić information content (AvgIpc) is 2.44. The van der Waals surface area contributed by atoms with Gasteiger partial charge in [-0.2, -0.15) is 0 Å². The number of rotatable bonds is 9. The van der Waals surface area contributed by atoms with Gasteiger partial charge in [-0.25, -0.2) is 13.1 Å². The molecule has 0 saturated heterocycles. The SMILES string of the molecule is CCCCCCCCNS(=O)(=O)c1c(C)c(C)cc(C)c1C. The molecule has 4 heteroatoms. The second-order valence-corrected chi connectivity index (χ2v) is 7.96. The molecule has 0 unspecified atom stereocenters. The molecule has 0 fully saturated rings. The minimum atomic E-state index is -3.41. The molecule has 22 heavy (non-hydrogen) atoms. The summed E-state index contributed by atoms with van der Waals surface area (Å²) >= 11 is 0. The Labute approximate surface area is 136 Å². The maximum absolute atomic E-state index is 12.6. The van der Waals surface area contributed by atoms with E-state index in [1.54, 1.807) is 0 Å². The van der Waals surface area contributed by atoms with E-state index in [0.717, 1.165) is 35.1 Å². The van der Waals surface area contributed by atoms with Crippen LogP contribution in [-0.4, -0.2) is 15.0 Å². The minimum Gasteiger partial charge on any atom is -0.211 e. The molecular weight excluding hydrogens is 294 g/mol. The molecule has 0 saturated carbocycles. The molecule has 3 nitrogen and oxygen atoms in total. The molecule has 1 aromatic carbocycles. The zero-order valence-electron chi connectivity index (χ0n) is 14.8. The van der Waals surface area contributed by atoms with Crippen LogP contribution in [0.3, 0.4) is 0 Å². The maximum atomic E-state index is 12.6. The van der Waals surface area contributed by atoms with Crippen molar-refractivity contribution in [3.8, 4) is 0 Å². The number of hydrogen-bond acceptors (Lipinski definition) is 2. The third kappa shape index (κ3) is 5.10. The van der Waals surface area contributed by atoms with Crippen molar-refractivity contribution in [3.05, 3.63) is 28.3 Å². The third-order valence-electron chi connectivity index (χ3n) is 4.39. The summed E-state index contributed by atoms with van der Waals surface area (Å²) in [6.45, 7) is 10.4. The third-order valence-corrected chi connectivity index (χ3v) is 6.12. The molecule has 1 N–H and O–H groups in total. The first-order valence-electron chi connectivity index (χ1n) is 8.38. The average molecular weight is 326 g/mol. The lowest BCUT2D eigenvalue weighted by molar-refractivity contribution is 0.566. The number of unbranched alkanes of at least 4 members (excludes halogenated alkanes) is 5. The van der Waals surface area contributed by atoms with E-state index < -0.39 is 10.0 Å². The largest absolute Gasteiger partial charge is 0.241 e. The molecule has 126 valence electrons. The van der Waals surface area contributed by atoms with Crippen molar-refractivity contribution in [2.24, 2.45) is 0 Å². The molecule has 0 aliphatic carbocycles. The topological polar surface area (TPSA) is 46.2 Å². The van der Waals surface area contributed by atoms with E-state index in [2.05, 4.69) is 17.7 Å². The zero-order valence-corrected chi connectivity index (χ0v) is 15.6. The fourth-order valence-electron chi connectivity index (χ4n) is 2.77.